The minimum Gasteiger partial charge on any atom is -0.281 e. The molecule has 0 heterocycles. The zero-order valence-electron chi connectivity index (χ0n) is 6.72. The first-order valence-corrected chi connectivity index (χ1v) is 3.45. The largest absolute Gasteiger partial charge is 0.281 e. The maximum Gasteiger partial charge on any atom is 0.0725 e. The number of rotatable bonds is 4. The third-order valence-corrected chi connectivity index (χ3v) is 0.693. The van der Waals surface area contributed by atoms with E-state index in [1.54, 1.807) is 0 Å². The second-order valence-corrected chi connectivity index (χ2v) is 2.89. The first kappa shape index (κ1) is 8.92. The van der Waals surface area contributed by atoms with Crippen LogP contribution < -0.4 is 5.48 Å². The summed E-state index contributed by atoms with van der Waals surface area (Å²) in [7, 11) is 0. The van der Waals surface area contributed by atoms with Crippen LogP contribution in [0.15, 0.2) is 0 Å². The highest BCUT2D eigenvalue weighted by Crippen LogP contribution is 1.91. The summed E-state index contributed by atoms with van der Waals surface area (Å²) < 4.78 is 0. The van der Waals surface area contributed by atoms with Crippen LogP contribution in [0.5, 0.6) is 0 Å². The van der Waals surface area contributed by atoms with Crippen LogP contribution in [-0.4, -0.2) is 12.6 Å². The van der Waals surface area contributed by atoms with Crippen molar-refractivity contribution in [2.75, 3.05) is 6.61 Å². The minimum absolute atomic E-state index is 0.295. The molecule has 2 heteroatoms. The Morgan fingerprint density at radius 1 is 1.22 bits per heavy atom. The predicted octanol–water partition coefficient (Wildman–Crippen LogP) is 1.59. The zero-order valence-corrected chi connectivity index (χ0v) is 6.72. The van der Waals surface area contributed by atoms with Crippen molar-refractivity contribution in [3.05, 3.63) is 0 Å². The first-order chi connectivity index (χ1) is 4.13. The van der Waals surface area contributed by atoms with Crippen LogP contribution in [0.1, 0.15) is 27.7 Å². The van der Waals surface area contributed by atoms with Gasteiger partial charge >= 0.3 is 0 Å². The summed E-state index contributed by atoms with van der Waals surface area (Å²) in [6, 6.07) is 0.295. The maximum atomic E-state index is 4.98. The lowest BCUT2D eigenvalue weighted by Crippen LogP contribution is -2.17. The second-order valence-electron chi connectivity index (χ2n) is 2.89. The minimum atomic E-state index is 0.295. The smallest absolute Gasteiger partial charge is 0.0725 e. The highest BCUT2D eigenvalue weighted by molar-refractivity contribution is 4.41. The van der Waals surface area contributed by atoms with Crippen molar-refractivity contribution in [1.29, 1.82) is 0 Å². The van der Waals surface area contributed by atoms with E-state index in [4.69, 9.17) is 4.84 Å². The van der Waals surface area contributed by atoms with Crippen LogP contribution in [0.3, 0.4) is 0 Å². The molecule has 0 saturated carbocycles. The van der Waals surface area contributed by atoms with Crippen LogP contribution in [0.25, 0.3) is 0 Å². The topological polar surface area (TPSA) is 23.3 Å². The second kappa shape index (κ2) is 4.77. The Hall–Kier alpha value is -0.0800. The summed E-state index contributed by atoms with van der Waals surface area (Å²) in [6.07, 6.45) is 0. The van der Waals surface area contributed by atoms with Gasteiger partial charge in [-0.15, -0.1) is 0 Å². The maximum absolute atomic E-state index is 4.98. The van der Waals surface area contributed by atoms with E-state index in [9.17, 15) is 0 Å². The molecule has 0 rings (SSSR count). The Labute approximate surface area is 57.5 Å². The van der Waals surface area contributed by atoms with Crippen molar-refractivity contribution in [2.24, 2.45) is 5.92 Å². The van der Waals surface area contributed by atoms with E-state index < -0.39 is 0 Å². The fourth-order valence-corrected chi connectivity index (χ4v) is 0.341. The standard InChI is InChI=1S/C7H16NO/c1-6(2)5-9-8-7(3)4/h6-7H,5H2,1-4H3. The van der Waals surface area contributed by atoms with E-state index in [2.05, 4.69) is 19.3 Å². The van der Waals surface area contributed by atoms with E-state index in [0.29, 0.717) is 12.0 Å². The van der Waals surface area contributed by atoms with Gasteiger partial charge in [-0.2, -0.15) is 0 Å². The molecular formula is C7H16NO. The number of hydrogen-bond acceptors (Lipinski definition) is 1. The molecule has 0 aliphatic heterocycles. The molecule has 1 radical (unpaired) electrons. The van der Waals surface area contributed by atoms with E-state index in [1.165, 1.54) is 0 Å². The average molecular weight is 130 g/mol. The Balaban J connectivity index is 2.91. The highest BCUT2D eigenvalue weighted by Gasteiger charge is 1.96. The molecule has 0 saturated heterocycles. The molecule has 0 fully saturated rings. The molecule has 0 atom stereocenters. The van der Waals surface area contributed by atoms with Gasteiger partial charge in [0.15, 0.2) is 0 Å². The lowest BCUT2D eigenvalue weighted by Gasteiger charge is -2.06. The molecule has 55 valence electrons. The fourth-order valence-electron chi connectivity index (χ4n) is 0.341. The Morgan fingerprint density at radius 2 is 1.78 bits per heavy atom. The molecule has 0 aromatic carbocycles. The Bertz CT molecular complexity index is 53.9. The molecule has 0 unspecified atom stereocenters. The molecule has 0 spiro atoms. The fraction of sp³-hybridized carbons (Fsp3) is 1.00. The van der Waals surface area contributed by atoms with E-state index >= 15 is 0 Å². The van der Waals surface area contributed by atoms with E-state index in [1.807, 2.05) is 13.8 Å². The van der Waals surface area contributed by atoms with Crippen molar-refractivity contribution in [2.45, 2.75) is 33.7 Å². The summed E-state index contributed by atoms with van der Waals surface area (Å²) >= 11 is 0. The monoisotopic (exact) mass is 130 g/mol. The van der Waals surface area contributed by atoms with Gasteiger partial charge in [-0.05, 0) is 19.8 Å². The van der Waals surface area contributed by atoms with Crippen LogP contribution in [0.4, 0.5) is 0 Å². The average Bonchev–Trinajstić information content (AvgIpc) is 1.63. The zero-order chi connectivity index (χ0) is 7.28. The molecule has 0 N–H and O–H groups in total. The summed E-state index contributed by atoms with van der Waals surface area (Å²) in [5.41, 5.74) is 3.86. The molecule has 0 bridgehead atoms. The summed E-state index contributed by atoms with van der Waals surface area (Å²) in [4.78, 5) is 4.98. The van der Waals surface area contributed by atoms with Crippen LogP contribution in [0, 0.1) is 5.92 Å². The van der Waals surface area contributed by atoms with Crippen molar-refractivity contribution in [1.82, 2.24) is 5.48 Å². The Kier molecular flexibility index (Phi) is 4.72. The molecule has 0 aliphatic carbocycles. The number of nitrogens with zero attached hydrogens (tertiary/aromatic N) is 1. The van der Waals surface area contributed by atoms with Gasteiger partial charge in [0.1, 0.15) is 0 Å². The quantitative estimate of drug-likeness (QED) is 0.530. The first-order valence-electron chi connectivity index (χ1n) is 3.45. The van der Waals surface area contributed by atoms with Crippen LogP contribution in [-0.2, 0) is 4.84 Å². The molecule has 0 aliphatic rings. The molecular weight excluding hydrogens is 114 g/mol. The number of hydrogen-bond donors (Lipinski definition) is 0. The summed E-state index contributed by atoms with van der Waals surface area (Å²) in [6.45, 7) is 8.95. The summed E-state index contributed by atoms with van der Waals surface area (Å²) in [5.74, 6) is 0.576. The summed E-state index contributed by atoms with van der Waals surface area (Å²) in [5, 5.41) is 0. The van der Waals surface area contributed by atoms with E-state index in [0.717, 1.165) is 6.61 Å². The lowest BCUT2D eigenvalue weighted by molar-refractivity contribution is 0.000298. The van der Waals surface area contributed by atoms with Crippen molar-refractivity contribution in [3.8, 4) is 0 Å². The van der Waals surface area contributed by atoms with Gasteiger partial charge in [-0.1, -0.05) is 19.3 Å². The van der Waals surface area contributed by atoms with Gasteiger partial charge in [0.2, 0.25) is 0 Å². The predicted molar refractivity (Wildman–Crippen MR) is 38.1 cm³/mol. The van der Waals surface area contributed by atoms with Crippen molar-refractivity contribution >= 4 is 0 Å². The molecule has 0 aromatic heterocycles. The van der Waals surface area contributed by atoms with Crippen LogP contribution >= 0.6 is 0 Å². The van der Waals surface area contributed by atoms with E-state index in [-0.39, 0.29) is 0 Å². The van der Waals surface area contributed by atoms with Gasteiger partial charge < -0.3 is 0 Å². The molecule has 0 amide bonds. The number of hydroxylamine groups is 1. The highest BCUT2D eigenvalue weighted by atomic mass is 16.6. The van der Waals surface area contributed by atoms with Crippen molar-refractivity contribution in [3.63, 3.8) is 0 Å². The lowest BCUT2D eigenvalue weighted by atomic mass is 10.2. The third-order valence-electron chi connectivity index (χ3n) is 0.693. The molecule has 9 heavy (non-hydrogen) atoms. The van der Waals surface area contributed by atoms with Gasteiger partial charge in [0.25, 0.3) is 0 Å². The van der Waals surface area contributed by atoms with Gasteiger partial charge in [0, 0.05) is 6.04 Å². The SMILES string of the molecule is CC(C)CO[N]C(C)C. The Morgan fingerprint density at radius 3 is 2.11 bits per heavy atom. The van der Waals surface area contributed by atoms with Crippen LogP contribution in [0.2, 0.25) is 0 Å². The third kappa shape index (κ3) is 7.92. The van der Waals surface area contributed by atoms with Gasteiger partial charge in [-0.25, -0.2) is 0 Å². The van der Waals surface area contributed by atoms with Gasteiger partial charge in [-0.3, -0.25) is 4.84 Å². The van der Waals surface area contributed by atoms with Crippen molar-refractivity contribution < 1.29 is 4.84 Å². The van der Waals surface area contributed by atoms with Gasteiger partial charge in [0.05, 0.1) is 6.61 Å². The molecule has 2 nitrogen and oxygen atoms in total. The molecule has 0 aromatic rings. The normalized spacial score (nSPS) is 11.3.